The molecule has 140 valence electrons. The molecular weight excluding hydrogens is 354 g/mol. The molecule has 2 heterocycles. The third-order valence-corrected chi connectivity index (χ3v) is 6.37. The zero-order valence-corrected chi connectivity index (χ0v) is 15.1. The maximum Gasteiger partial charge on any atom is 0.243 e. The first-order valence-electron chi connectivity index (χ1n) is 8.48. The van der Waals surface area contributed by atoms with Crippen LogP contribution in [0.2, 0.25) is 0 Å². The van der Waals surface area contributed by atoms with Crippen LogP contribution >= 0.6 is 0 Å². The fourth-order valence-corrected chi connectivity index (χ4v) is 4.53. The second-order valence-electron chi connectivity index (χ2n) is 6.48. The maximum atomic E-state index is 12.7. The summed E-state index contributed by atoms with van der Waals surface area (Å²) in [4.78, 5) is 4.37. The summed E-state index contributed by atoms with van der Waals surface area (Å²) in [6.07, 6.45) is 1.25. The number of aliphatic hydroxyl groups is 2. The Morgan fingerprint density at radius 2 is 1.92 bits per heavy atom. The second kappa shape index (κ2) is 7.81. The van der Waals surface area contributed by atoms with E-state index in [2.05, 4.69) is 10.3 Å². The first-order chi connectivity index (χ1) is 12.4. The summed E-state index contributed by atoms with van der Waals surface area (Å²) in [5, 5.41) is 24.0. The highest BCUT2D eigenvalue weighted by atomic mass is 32.2. The number of hydrogen-bond acceptors (Lipinski definition) is 6. The van der Waals surface area contributed by atoms with Crippen molar-refractivity contribution < 1.29 is 18.6 Å². The highest BCUT2D eigenvalue weighted by Crippen LogP contribution is 2.27. The maximum absolute atomic E-state index is 12.7. The summed E-state index contributed by atoms with van der Waals surface area (Å²) in [6, 6.07) is 13.7. The molecule has 0 unspecified atom stereocenters. The molecule has 1 aliphatic rings. The molecule has 1 aliphatic heterocycles. The lowest BCUT2D eigenvalue weighted by molar-refractivity contribution is -0.0380. The van der Waals surface area contributed by atoms with Gasteiger partial charge < -0.3 is 15.5 Å². The molecule has 1 aromatic carbocycles. The number of sulfonamides is 1. The van der Waals surface area contributed by atoms with E-state index in [9.17, 15) is 18.6 Å². The van der Waals surface area contributed by atoms with Gasteiger partial charge in [-0.3, -0.25) is 4.98 Å². The van der Waals surface area contributed by atoms with Crippen LogP contribution in [0, 0.1) is 0 Å². The van der Waals surface area contributed by atoms with Crippen LogP contribution in [0.5, 0.6) is 0 Å². The second-order valence-corrected chi connectivity index (χ2v) is 8.42. The fourth-order valence-electron chi connectivity index (χ4n) is 3.00. The van der Waals surface area contributed by atoms with Crippen LogP contribution in [0.25, 0.3) is 0 Å². The smallest absolute Gasteiger partial charge is 0.243 e. The third kappa shape index (κ3) is 4.11. The number of nitrogens with zero attached hydrogens (tertiary/aromatic N) is 2. The lowest BCUT2D eigenvalue weighted by atomic mass is 10.0. The standard InChI is InChI=1S/C18H23N3O4S/c22-17-12-21(26(24,25)16-7-2-1-3-8-16)14-18(17,23)13-19-11-9-15-6-4-5-10-20-15/h1-8,10,17,19,22-23H,9,11-14H2/t17-,18+/m1/s1. The summed E-state index contributed by atoms with van der Waals surface area (Å²) in [7, 11) is -3.74. The van der Waals surface area contributed by atoms with Gasteiger partial charge in [0.05, 0.1) is 11.0 Å². The number of hydrogen-bond donors (Lipinski definition) is 3. The Balaban J connectivity index is 1.58. The van der Waals surface area contributed by atoms with E-state index in [0.29, 0.717) is 13.0 Å². The van der Waals surface area contributed by atoms with Gasteiger partial charge in [-0.2, -0.15) is 4.31 Å². The first kappa shape index (κ1) is 18.9. The molecule has 1 saturated heterocycles. The fraction of sp³-hybridized carbons (Fsp3) is 0.389. The van der Waals surface area contributed by atoms with Crippen LogP contribution < -0.4 is 5.32 Å². The number of nitrogens with one attached hydrogen (secondary N) is 1. The normalized spacial score (nSPS) is 24.0. The average Bonchev–Trinajstić information content (AvgIpc) is 2.96. The minimum absolute atomic E-state index is 0.0990. The van der Waals surface area contributed by atoms with Crippen molar-refractivity contribution >= 4 is 10.0 Å². The zero-order valence-electron chi connectivity index (χ0n) is 14.3. The van der Waals surface area contributed by atoms with Crippen molar-refractivity contribution in [3.8, 4) is 0 Å². The van der Waals surface area contributed by atoms with E-state index in [1.807, 2.05) is 18.2 Å². The molecule has 0 bridgehead atoms. The van der Waals surface area contributed by atoms with Gasteiger partial charge in [0.15, 0.2) is 0 Å². The van der Waals surface area contributed by atoms with Crippen LogP contribution in [-0.4, -0.2) is 65.8 Å². The van der Waals surface area contributed by atoms with Gasteiger partial charge in [-0.25, -0.2) is 8.42 Å². The Kier molecular flexibility index (Phi) is 5.69. The number of β-amino-alcohol motifs (C(OH)–C–C–N with tert-alkyl or cyclic N) is 2. The molecule has 1 aromatic heterocycles. The lowest BCUT2D eigenvalue weighted by Gasteiger charge is -2.26. The summed E-state index contributed by atoms with van der Waals surface area (Å²) in [6.45, 7) is 0.386. The van der Waals surface area contributed by atoms with E-state index in [1.165, 1.54) is 12.1 Å². The predicted octanol–water partition coefficient (Wildman–Crippen LogP) is 0.0102. The molecule has 2 aromatic rings. The van der Waals surface area contributed by atoms with Gasteiger partial charge in [0.2, 0.25) is 10.0 Å². The Morgan fingerprint density at radius 1 is 1.19 bits per heavy atom. The van der Waals surface area contributed by atoms with Gasteiger partial charge in [-0.15, -0.1) is 0 Å². The first-order valence-corrected chi connectivity index (χ1v) is 9.92. The molecule has 3 N–H and O–H groups in total. The number of aliphatic hydroxyl groups excluding tert-OH is 1. The molecule has 3 rings (SSSR count). The van der Waals surface area contributed by atoms with Gasteiger partial charge >= 0.3 is 0 Å². The average molecular weight is 377 g/mol. The van der Waals surface area contributed by atoms with E-state index in [0.717, 1.165) is 10.00 Å². The van der Waals surface area contributed by atoms with Crippen LogP contribution in [0.15, 0.2) is 59.6 Å². The highest BCUT2D eigenvalue weighted by molar-refractivity contribution is 7.89. The molecule has 0 radical (unpaired) electrons. The van der Waals surface area contributed by atoms with Crippen LogP contribution in [-0.2, 0) is 16.4 Å². The molecule has 0 amide bonds. The lowest BCUT2D eigenvalue weighted by Crippen LogP contribution is -2.50. The predicted molar refractivity (Wildman–Crippen MR) is 97.0 cm³/mol. The number of pyridine rings is 1. The highest BCUT2D eigenvalue weighted by Gasteiger charge is 2.48. The Morgan fingerprint density at radius 3 is 2.62 bits per heavy atom. The number of aromatic nitrogens is 1. The largest absolute Gasteiger partial charge is 0.389 e. The SMILES string of the molecule is O=S(=O)(c1ccccc1)N1C[C@@H](O)[C@](O)(CNCCc2ccccn2)C1. The van der Waals surface area contributed by atoms with Gasteiger partial charge in [0.25, 0.3) is 0 Å². The Hall–Kier alpha value is -1.84. The minimum atomic E-state index is -3.74. The summed E-state index contributed by atoms with van der Waals surface area (Å²) in [5.74, 6) is 0. The topological polar surface area (TPSA) is 103 Å². The van der Waals surface area contributed by atoms with Crippen molar-refractivity contribution in [1.29, 1.82) is 0 Å². The van der Waals surface area contributed by atoms with E-state index < -0.39 is 21.7 Å². The quantitative estimate of drug-likeness (QED) is 0.588. The Bertz CT molecular complexity index is 817. The zero-order chi connectivity index (χ0) is 18.6. The van der Waals surface area contributed by atoms with Crippen molar-refractivity contribution in [3.05, 3.63) is 60.4 Å². The Labute approximate surface area is 153 Å². The van der Waals surface area contributed by atoms with Crippen molar-refractivity contribution in [2.24, 2.45) is 0 Å². The summed E-state index contributed by atoms with van der Waals surface area (Å²) in [5.41, 5.74) is -0.598. The molecule has 0 aliphatic carbocycles. The number of benzene rings is 1. The molecule has 8 heteroatoms. The minimum Gasteiger partial charge on any atom is -0.389 e. The summed E-state index contributed by atoms with van der Waals surface area (Å²) >= 11 is 0. The van der Waals surface area contributed by atoms with E-state index in [4.69, 9.17) is 0 Å². The van der Waals surface area contributed by atoms with E-state index in [1.54, 1.807) is 24.4 Å². The molecule has 0 saturated carbocycles. The van der Waals surface area contributed by atoms with Gasteiger partial charge in [0.1, 0.15) is 5.60 Å². The van der Waals surface area contributed by atoms with Crippen molar-refractivity contribution in [1.82, 2.24) is 14.6 Å². The van der Waals surface area contributed by atoms with Gasteiger partial charge in [0, 0.05) is 44.5 Å². The molecule has 0 spiro atoms. The van der Waals surface area contributed by atoms with Gasteiger partial charge in [-0.1, -0.05) is 24.3 Å². The van der Waals surface area contributed by atoms with Crippen LogP contribution in [0.3, 0.4) is 0 Å². The monoisotopic (exact) mass is 377 g/mol. The van der Waals surface area contributed by atoms with Crippen molar-refractivity contribution in [2.75, 3.05) is 26.2 Å². The van der Waals surface area contributed by atoms with Crippen molar-refractivity contribution in [2.45, 2.75) is 23.0 Å². The summed E-state index contributed by atoms with van der Waals surface area (Å²) < 4.78 is 26.4. The third-order valence-electron chi connectivity index (χ3n) is 4.54. The van der Waals surface area contributed by atoms with Crippen LogP contribution in [0.4, 0.5) is 0 Å². The molecule has 1 fully saturated rings. The molecular formula is C18H23N3O4S. The van der Waals surface area contributed by atoms with Gasteiger partial charge in [-0.05, 0) is 24.3 Å². The van der Waals surface area contributed by atoms with E-state index >= 15 is 0 Å². The van der Waals surface area contributed by atoms with Crippen molar-refractivity contribution in [3.63, 3.8) is 0 Å². The molecule has 26 heavy (non-hydrogen) atoms. The van der Waals surface area contributed by atoms with Crippen LogP contribution in [0.1, 0.15) is 5.69 Å². The molecule has 2 atom stereocenters. The van der Waals surface area contributed by atoms with E-state index in [-0.39, 0.29) is 24.5 Å². The molecule has 7 nitrogen and oxygen atoms in total. The number of rotatable bonds is 7.